The van der Waals surface area contributed by atoms with Crippen LogP contribution in [0, 0.1) is 21.7 Å². The number of aromatic nitrogens is 2. The third-order valence-electron chi connectivity index (χ3n) is 3.71. The monoisotopic (exact) mass is 351 g/mol. The lowest BCUT2D eigenvalue weighted by Crippen LogP contribution is -2.20. The van der Waals surface area contributed by atoms with Crippen molar-refractivity contribution in [1.29, 1.82) is 0 Å². The first kappa shape index (κ1) is 17.0. The van der Waals surface area contributed by atoms with Crippen molar-refractivity contribution in [2.24, 2.45) is 0 Å². The Balaban J connectivity index is 1.86. The van der Waals surface area contributed by atoms with E-state index in [-0.39, 0.29) is 23.4 Å². The Bertz CT molecular complexity index is 784. The summed E-state index contributed by atoms with van der Waals surface area (Å²) in [6.07, 6.45) is 2.84. The molecule has 1 atom stereocenters. The van der Waals surface area contributed by atoms with Crippen LogP contribution in [0.2, 0.25) is 0 Å². The van der Waals surface area contributed by atoms with E-state index < -0.39 is 22.2 Å². The SMILES string of the molecule is O=[N+]([O-])c1c(NCC2CCCO2)ncnc1Nc1cc(F)ccc1F. The number of ether oxygens (including phenoxy) is 1. The standard InChI is InChI=1S/C15H15F2N5O3/c16-9-3-4-11(17)12(6-9)21-15-13(22(23)24)14(19-8-20-15)18-7-10-2-1-5-25-10/h3-4,6,8,10H,1-2,5,7H2,(H2,18,19,20,21). The van der Waals surface area contributed by atoms with E-state index >= 15 is 0 Å². The summed E-state index contributed by atoms with van der Waals surface area (Å²) in [4.78, 5) is 18.4. The number of hydrogen-bond acceptors (Lipinski definition) is 7. The highest BCUT2D eigenvalue weighted by atomic mass is 19.1. The zero-order valence-corrected chi connectivity index (χ0v) is 13.0. The molecule has 0 amide bonds. The number of anilines is 3. The molecule has 1 saturated heterocycles. The van der Waals surface area contributed by atoms with E-state index in [1.165, 1.54) is 0 Å². The number of nitro groups is 1. The lowest BCUT2D eigenvalue weighted by atomic mass is 10.2. The van der Waals surface area contributed by atoms with E-state index in [0.717, 1.165) is 37.4 Å². The minimum Gasteiger partial charge on any atom is -0.376 e. The third kappa shape index (κ3) is 3.97. The van der Waals surface area contributed by atoms with Gasteiger partial charge in [-0.1, -0.05) is 0 Å². The summed E-state index contributed by atoms with van der Waals surface area (Å²) in [5, 5.41) is 16.7. The van der Waals surface area contributed by atoms with Crippen LogP contribution in [0.3, 0.4) is 0 Å². The summed E-state index contributed by atoms with van der Waals surface area (Å²) >= 11 is 0. The first-order valence-electron chi connectivity index (χ1n) is 7.61. The normalized spacial score (nSPS) is 16.6. The summed E-state index contributed by atoms with van der Waals surface area (Å²) in [6, 6.07) is 2.76. The van der Waals surface area contributed by atoms with Crippen molar-refractivity contribution in [3.05, 3.63) is 46.3 Å². The van der Waals surface area contributed by atoms with Crippen molar-refractivity contribution in [2.75, 3.05) is 23.8 Å². The highest BCUT2D eigenvalue weighted by Crippen LogP contribution is 2.32. The highest BCUT2D eigenvalue weighted by molar-refractivity contribution is 5.73. The topological polar surface area (TPSA) is 102 Å². The molecule has 1 aromatic heterocycles. The maximum atomic E-state index is 13.8. The zero-order valence-electron chi connectivity index (χ0n) is 13.0. The molecular formula is C15H15F2N5O3. The smallest absolute Gasteiger partial charge is 0.353 e. The van der Waals surface area contributed by atoms with Crippen LogP contribution in [0.15, 0.2) is 24.5 Å². The number of nitrogens with zero attached hydrogens (tertiary/aromatic N) is 3. The van der Waals surface area contributed by atoms with Gasteiger partial charge < -0.3 is 15.4 Å². The Morgan fingerprint density at radius 1 is 1.32 bits per heavy atom. The summed E-state index contributed by atoms with van der Waals surface area (Å²) in [5.74, 6) is -1.70. The largest absolute Gasteiger partial charge is 0.376 e. The molecule has 132 valence electrons. The molecule has 2 heterocycles. The number of halogens is 2. The van der Waals surface area contributed by atoms with Crippen LogP contribution in [-0.4, -0.2) is 34.1 Å². The molecule has 2 aromatic rings. The second-order valence-electron chi connectivity index (χ2n) is 5.44. The minimum absolute atomic E-state index is 0.0187. The summed E-state index contributed by atoms with van der Waals surface area (Å²) in [6.45, 7) is 1.01. The quantitative estimate of drug-likeness (QED) is 0.609. The number of nitrogens with one attached hydrogen (secondary N) is 2. The number of hydrogen-bond donors (Lipinski definition) is 2. The molecule has 0 radical (unpaired) electrons. The van der Waals surface area contributed by atoms with E-state index in [4.69, 9.17) is 4.74 Å². The van der Waals surface area contributed by atoms with E-state index in [2.05, 4.69) is 20.6 Å². The molecule has 2 N–H and O–H groups in total. The maximum absolute atomic E-state index is 13.8. The summed E-state index contributed by atoms with van der Waals surface area (Å²) in [5.41, 5.74) is -0.712. The van der Waals surface area contributed by atoms with Gasteiger partial charge in [0, 0.05) is 19.2 Å². The van der Waals surface area contributed by atoms with Crippen LogP contribution in [-0.2, 0) is 4.74 Å². The summed E-state index contributed by atoms with van der Waals surface area (Å²) in [7, 11) is 0. The van der Waals surface area contributed by atoms with Crippen molar-refractivity contribution in [3.8, 4) is 0 Å². The lowest BCUT2D eigenvalue weighted by molar-refractivity contribution is -0.383. The van der Waals surface area contributed by atoms with Gasteiger partial charge in [-0.25, -0.2) is 18.7 Å². The fraction of sp³-hybridized carbons (Fsp3) is 0.333. The molecule has 1 aromatic carbocycles. The second-order valence-corrected chi connectivity index (χ2v) is 5.44. The molecule has 10 heteroatoms. The van der Waals surface area contributed by atoms with Crippen LogP contribution in [0.4, 0.5) is 31.8 Å². The Labute approximate surface area is 141 Å². The summed E-state index contributed by atoms with van der Waals surface area (Å²) < 4.78 is 32.5. The fourth-order valence-corrected chi connectivity index (χ4v) is 2.51. The first-order chi connectivity index (χ1) is 12.0. The second kappa shape index (κ2) is 7.34. The van der Waals surface area contributed by atoms with Gasteiger partial charge in [0.15, 0.2) is 0 Å². The van der Waals surface area contributed by atoms with Gasteiger partial charge in [-0.2, -0.15) is 0 Å². The molecule has 25 heavy (non-hydrogen) atoms. The molecule has 1 fully saturated rings. The Hall–Kier alpha value is -2.88. The molecule has 0 spiro atoms. The molecule has 8 nitrogen and oxygen atoms in total. The zero-order chi connectivity index (χ0) is 17.8. The van der Waals surface area contributed by atoms with Gasteiger partial charge in [0.25, 0.3) is 0 Å². The van der Waals surface area contributed by atoms with Gasteiger partial charge in [-0.05, 0) is 25.0 Å². The van der Waals surface area contributed by atoms with Crippen molar-refractivity contribution < 1.29 is 18.4 Å². The van der Waals surface area contributed by atoms with Crippen LogP contribution >= 0.6 is 0 Å². The lowest BCUT2D eigenvalue weighted by Gasteiger charge is -2.13. The predicted molar refractivity (Wildman–Crippen MR) is 85.8 cm³/mol. The minimum atomic E-state index is -0.761. The Morgan fingerprint density at radius 3 is 2.84 bits per heavy atom. The fourth-order valence-electron chi connectivity index (χ4n) is 2.51. The van der Waals surface area contributed by atoms with Gasteiger partial charge >= 0.3 is 5.69 Å². The average molecular weight is 351 g/mol. The Kier molecular flexibility index (Phi) is 4.98. The van der Waals surface area contributed by atoms with E-state index in [0.29, 0.717) is 13.2 Å². The number of benzene rings is 1. The molecule has 0 saturated carbocycles. The molecule has 1 aliphatic rings. The highest BCUT2D eigenvalue weighted by Gasteiger charge is 2.25. The van der Waals surface area contributed by atoms with E-state index in [9.17, 15) is 18.9 Å². The van der Waals surface area contributed by atoms with Crippen molar-refractivity contribution in [2.45, 2.75) is 18.9 Å². The molecule has 1 unspecified atom stereocenters. The molecule has 0 aliphatic carbocycles. The maximum Gasteiger partial charge on any atom is 0.353 e. The van der Waals surface area contributed by atoms with Gasteiger partial charge in [0.2, 0.25) is 11.6 Å². The van der Waals surface area contributed by atoms with Crippen molar-refractivity contribution >= 4 is 23.0 Å². The van der Waals surface area contributed by atoms with Crippen LogP contribution in [0.1, 0.15) is 12.8 Å². The van der Waals surface area contributed by atoms with E-state index in [1.807, 2.05) is 0 Å². The van der Waals surface area contributed by atoms with Crippen LogP contribution < -0.4 is 10.6 Å². The molecule has 3 rings (SSSR count). The van der Waals surface area contributed by atoms with E-state index in [1.54, 1.807) is 0 Å². The van der Waals surface area contributed by atoms with Gasteiger partial charge in [0.1, 0.15) is 18.0 Å². The number of rotatable bonds is 6. The molecular weight excluding hydrogens is 336 g/mol. The van der Waals surface area contributed by atoms with Crippen LogP contribution in [0.25, 0.3) is 0 Å². The average Bonchev–Trinajstić information content (AvgIpc) is 3.09. The van der Waals surface area contributed by atoms with Crippen molar-refractivity contribution in [1.82, 2.24) is 9.97 Å². The van der Waals surface area contributed by atoms with Gasteiger partial charge in [-0.3, -0.25) is 10.1 Å². The molecule has 1 aliphatic heterocycles. The van der Waals surface area contributed by atoms with Gasteiger partial charge in [0.05, 0.1) is 16.7 Å². The van der Waals surface area contributed by atoms with Crippen LogP contribution in [0.5, 0.6) is 0 Å². The first-order valence-corrected chi connectivity index (χ1v) is 7.61. The molecule has 0 bridgehead atoms. The van der Waals surface area contributed by atoms with Crippen molar-refractivity contribution in [3.63, 3.8) is 0 Å². The van der Waals surface area contributed by atoms with Gasteiger partial charge in [-0.15, -0.1) is 0 Å². The third-order valence-corrected chi connectivity index (χ3v) is 3.71. The Morgan fingerprint density at radius 2 is 2.12 bits per heavy atom. The predicted octanol–water partition coefficient (Wildman–Crippen LogP) is 3.00.